The molecule has 38 heavy (non-hydrogen) atoms. The highest BCUT2D eigenvalue weighted by Crippen LogP contribution is 2.30. The number of likely N-dealkylation sites (tertiary alicyclic amines) is 1. The van der Waals surface area contributed by atoms with Crippen molar-refractivity contribution in [2.45, 2.75) is 76.4 Å². The van der Waals surface area contributed by atoms with Gasteiger partial charge in [-0.3, -0.25) is 9.59 Å². The number of nitrogens with zero attached hydrogens (tertiary/aromatic N) is 2. The van der Waals surface area contributed by atoms with Gasteiger partial charge in [-0.05, 0) is 56.9 Å². The Bertz CT molecular complexity index is 1160. The molecule has 0 spiro atoms. The van der Waals surface area contributed by atoms with E-state index in [1.54, 1.807) is 18.7 Å². The van der Waals surface area contributed by atoms with E-state index in [1.807, 2.05) is 61.5 Å². The van der Waals surface area contributed by atoms with E-state index in [1.165, 1.54) is 0 Å². The van der Waals surface area contributed by atoms with Gasteiger partial charge in [-0.2, -0.15) is 0 Å². The minimum absolute atomic E-state index is 0.225. The Kier molecular flexibility index (Phi) is 9.07. The molecule has 0 saturated carbocycles. The number of amides is 2. The average molecular weight is 541 g/mol. The average Bonchev–Trinajstić information content (AvgIpc) is 3.53. The normalized spacial score (nSPS) is 23.3. The smallest absolute Gasteiger partial charge is 0.248 e. The number of carbonyl (C=O) groups is 2. The van der Waals surface area contributed by atoms with Crippen molar-refractivity contribution in [1.82, 2.24) is 10.2 Å². The van der Waals surface area contributed by atoms with Crippen LogP contribution in [0.3, 0.4) is 0 Å². The van der Waals surface area contributed by atoms with Crippen molar-refractivity contribution in [3.05, 3.63) is 70.7 Å². The molecule has 2 aromatic rings. The summed E-state index contributed by atoms with van der Waals surface area (Å²) in [6.45, 7) is 6.73. The summed E-state index contributed by atoms with van der Waals surface area (Å²) >= 11 is 6.17. The largest absolute Gasteiger partial charge is 0.477 e. The van der Waals surface area contributed by atoms with Crippen LogP contribution in [-0.4, -0.2) is 65.5 Å². The summed E-state index contributed by atoms with van der Waals surface area (Å²) < 4.78 is 12.1. The molecule has 2 aromatic carbocycles. The highest BCUT2D eigenvalue weighted by atomic mass is 35.5. The third kappa shape index (κ3) is 6.92. The quantitative estimate of drug-likeness (QED) is 0.480. The lowest BCUT2D eigenvalue weighted by Gasteiger charge is -2.32. The molecule has 2 amide bonds. The molecule has 4 rings (SSSR count). The molecule has 5 atom stereocenters. The molecule has 2 aliphatic heterocycles. The number of hydrogen-bond donors (Lipinski definition) is 2. The first-order chi connectivity index (χ1) is 18.1. The molecule has 9 heteroatoms. The van der Waals surface area contributed by atoms with Crippen LogP contribution in [0, 0.1) is 0 Å². The van der Waals surface area contributed by atoms with Gasteiger partial charge < -0.3 is 25.4 Å². The van der Waals surface area contributed by atoms with Crippen molar-refractivity contribution >= 4 is 29.3 Å². The second-order valence-corrected chi connectivity index (χ2v) is 10.9. The number of ether oxygens (including phenoxy) is 2. The first-order valence-corrected chi connectivity index (χ1v) is 13.5. The third-order valence-corrected chi connectivity index (χ3v) is 7.24. The Morgan fingerprint density at radius 1 is 1.21 bits per heavy atom. The number of rotatable bonds is 10. The van der Waals surface area contributed by atoms with Crippen LogP contribution in [0.5, 0.6) is 0 Å². The van der Waals surface area contributed by atoms with Gasteiger partial charge in [0.05, 0.1) is 24.3 Å². The van der Waals surface area contributed by atoms with Crippen LogP contribution < -0.4 is 11.1 Å². The number of nitrogens with two attached hydrogens (primary N) is 1. The fourth-order valence-electron chi connectivity index (χ4n) is 4.94. The predicted octanol–water partition coefficient (Wildman–Crippen LogP) is 3.50. The Morgan fingerprint density at radius 2 is 1.95 bits per heavy atom. The summed E-state index contributed by atoms with van der Waals surface area (Å²) in [6.07, 6.45) is 1.66. The van der Waals surface area contributed by atoms with Gasteiger partial charge in [-0.15, -0.1) is 0 Å². The summed E-state index contributed by atoms with van der Waals surface area (Å²) in [6, 6.07) is 15.5. The second kappa shape index (κ2) is 12.3. The van der Waals surface area contributed by atoms with Crippen LogP contribution in [-0.2, 0) is 32.1 Å². The molecule has 8 nitrogen and oxygen atoms in total. The molecule has 1 fully saturated rings. The molecule has 0 radical (unpaired) electrons. The number of aliphatic imine (C=N–C) groups is 1. The first kappa shape index (κ1) is 28.1. The van der Waals surface area contributed by atoms with E-state index in [0.717, 1.165) is 24.0 Å². The molecule has 0 aromatic heterocycles. The van der Waals surface area contributed by atoms with Gasteiger partial charge in [-0.1, -0.05) is 54.1 Å². The highest BCUT2D eigenvalue weighted by molar-refractivity contribution is 6.30. The van der Waals surface area contributed by atoms with Crippen LogP contribution in [0.2, 0.25) is 5.02 Å². The van der Waals surface area contributed by atoms with Crippen LogP contribution in [0.25, 0.3) is 0 Å². The van der Waals surface area contributed by atoms with E-state index >= 15 is 0 Å². The van der Waals surface area contributed by atoms with Crippen LogP contribution in [0.1, 0.15) is 44.7 Å². The standard InChI is InChI=1S/C29H37ClN4O4/c1-19(31)26(35)32-25(20(2)37-17-21-9-5-4-6-10-21)28(36)34-14-8-13-24(34)27-33-29(3,18-38-27)16-22-11-7-12-23(30)15-22/h4-7,9-12,15,19-20,24-25H,8,13-14,16-18,31H2,1-3H3,(H,32,35)/t19?,20?,24?,25?,29-/m1/s1. The predicted molar refractivity (Wildman–Crippen MR) is 148 cm³/mol. The zero-order valence-electron chi connectivity index (χ0n) is 22.2. The van der Waals surface area contributed by atoms with Crippen molar-refractivity contribution in [2.75, 3.05) is 13.2 Å². The van der Waals surface area contributed by atoms with E-state index < -0.39 is 29.6 Å². The lowest BCUT2D eigenvalue weighted by atomic mass is 9.95. The summed E-state index contributed by atoms with van der Waals surface area (Å²) in [5, 5.41) is 3.51. The van der Waals surface area contributed by atoms with E-state index in [2.05, 4.69) is 5.32 Å². The highest BCUT2D eigenvalue weighted by Gasteiger charge is 2.43. The Balaban J connectivity index is 1.49. The molecule has 204 valence electrons. The van der Waals surface area contributed by atoms with Gasteiger partial charge in [0.1, 0.15) is 18.7 Å². The van der Waals surface area contributed by atoms with Crippen molar-refractivity contribution in [1.29, 1.82) is 0 Å². The molecular weight excluding hydrogens is 504 g/mol. The molecular formula is C29H37ClN4O4. The second-order valence-electron chi connectivity index (χ2n) is 10.5. The van der Waals surface area contributed by atoms with Gasteiger partial charge in [-0.25, -0.2) is 4.99 Å². The van der Waals surface area contributed by atoms with Gasteiger partial charge in [0, 0.05) is 18.0 Å². The summed E-state index contributed by atoms with van der Waals surface area (Å²) in [4.78, 5) is 33.1. The molecule has 0 aliphatic carbocycles. The summed E-state index contributed by atoms with van der Waals surface area (Å²) in [5.41, 5.74) is 7.42. The minimum Gasteiger partial charge on any atom is -0.477 e. The Hall–Kier alpha value is -2.94. The number of nitrogens with one attached hydrogen (secondary N) is 1. The van der Waals surface area contributed by atoms with E-state index in [-0.39, 0.29) is 11.9 Å². The zero-order valence-corrected chi connectivity index (χ0v) is 23.0. The van der Waals surface area contributed by atoms with Gasteiger partial charge in [0.2, 0.25) is 17.7 Å². The van der Waals surface area contributed by atoms with E-state index in [9.17, 15) is 9.59 Å². The summed E-state index contributed by atoms with van der Waals surface area (Å²) in [5.74, 6) is -0.0647. The minimum atomic E-state index is -0.891. The maximum atomic E-state index is 13.9. The molecule has 2 aliphatic rings. The van der Waals surface area contributed by atoms with Crippen molar-refractivity contribution in [3.8, 4) is 0 Å². The molecule has 1 saturated heterocycles. The summed E-state index contributed by atoms with van der Waals surface area (Å²) in [7, 11) is 0. The lowest BCUT2D eigenvalue weighted by Crippen LogP contribution is -2.58. The van der Waals surface area contributed by atoms with E-state index in [0.29, 0.717) is 37.1 Å². The van der Waals surface area contributed by atoms with Crippen LogP contribution >= 0.6 is 11.6 Å². The Labute approximate surface area is 229 Å². The lowest BCUT2D eigenvalue weighted by molar-refractivity contribution is -0.141. The number of benzene rings is 2. The fourth-order valence-corrected chi connectivity index (χ4v) is 5.15. The van der Waals surface area contributed by atoms with Gasteiger partial charge in [0.15, 0.2) is 0 Å². The fraction of sp³-hybridized carbons (Fsp3) is 0.483. The molecule has 0 bridgehead atoms. The van der Waals surface area contributed by atoms with E-state index in [4.69, 9.17) is 31.8 Å². The molecule has 3 N–H and O–H groups in total. The zero-order chi connectivity index (χ0) is 27.3. The molecule has 4 unspecified atom stereocenters. The third-order valence-electron chi connectivity index (χ3n) is 7.01. The van der Waals surface area contributed by atoms with Crippen LogP contribution in [0.15, 0.2) is 59.6 Å². The molecule has 2 heterocycles. The topological polar surface area (TPSA) is 106 Å². The Morgan fingerprint density at radius 3 is 2.66 bits per heavy atom. The van der Waals surface area contributed by atoms with Gasteiger partial charge in [0.25, 0.3) is 0 Å². The first-order valence-electron chi connectivity index (χ1n) is 13.1. The number of carbonyl (C=O) groups excluding carboxylic acids is 2. The number of hydrogen-bond acceptors (Lipinski definition) is 6. The maximum absolute atomic E-state index is 13.9. The van der Waals surface area contributed by atoms with Crippen LogP contribution in [0.4, 0.5) is 0 Å². The number of halogens is 1. The van der Waals surface area contributed by atoms with Crippen molar-refractivity contribution < 1.29 is 19.1 Å². The van der Waals surface area contributed by atoms with Crippen molar-refractivity contribution in [2.24, 2.45) is 10.7 Å². The monoisotopic (exact) mass is 540 g/mol. The van der Waals surface area contributed by atoms with Crippen molar-refractivity contribution in [3.63, 3.8) is 0 Å². The SMILES string of the molecule is CC(N)C(=O)NC(C(=O)N1CCCC1C1=N[C@](C)(Cc2cccc(Cl)c2)CO1)C(C)OCc1ccccc1. The van der Waals surface area contributed by atoms with Gasteiger partial charge >= 0.3 is 0 Å². The maximum Gasteiger partial charge on any atom is 0.248 e.